The van der Waals surface area contributed by atoms with Crippen LogP contribution in [0.15, 0.2) is 22.7 Å². The summed E-state index contributed by atoms with van der Waals surface area (Å²) in [6, 6.07) is 5.86. The second kappa shape index (κ2) is 4.69. The van der Waals surface area contributed by atoms with Crippen LogP contribution in [0.25, 0.3) is 11.1 Å². The average Bonchev–Trinajstić information content (AvgIpc) is 3.29. The summed E-state index contributed by atoms with van der Waals surface area (Å²) < 4.78 is 16.5. The fraction of sp³-hybridized carbons (Fsp3) is 0.438. The summed E-state index contributed by atoms with van der Waals surface area (Å²) >= 11 is 0. The minimum Gasteiger partial charge on any atom is -0.486 e. The Balaban J connectivity index is 1.77. The zero-order valence-corrected chi connectivity index (χ0v) is 12.0. The van der Waals surface area contributed by atoms with Crippen LogP contribution in [0.1, 0.15) is 31.4 Å². The quantitative estimate of drug-likeness (QED) is 0.938. The molecule has 2 aliphatic rings. The molecule has 1 fully saturated rings. The lowest BCUT2D eigenvalue weighted by atomic mass is 9.94. The smallest absolute Gasteiger partial charge is 0.230 e. The largest absolute Gasteiger partial charge is 0.486 e. The Labute approximate surface area is 123 Å². The number of hydrogen-bond donors (Lipinski definition) is 1. The van der Waals surface area contributed by atoms with E-state index in [0.717, 1.165) is 28.3 Å². The van der Waals surface area contributed by atoms with Crippen LogP contribution < -0.4 is 15.2 Å². The van der Waals surface area contributed by atoms with Crippen molar-refractivity contribution in [1.82, 2.24) is 5.16 Å². The third kappa shape index (κ3) is 2.13. The predicted molar refractivity (Wildman–Crippen MR) is 78.5 cm³/mol. The van der Waals surface area contributed by atoms with Gasteiger partial charge in [-0.2, -0.15) is 0 Å². The van der Waals surface area contributed by atoms with E-state index < -0.39 is 0 Å². The zero-order valence-electron chi connectivity index (χ0n) is 12.0. The van der Waals surface area contributed by atoms with Crippen LogP contribution in [-0.2, 0) is 0 Å². The summed E-state index contributed by atoms with van der Waals surface area (Å²) in [5, 5.41) is 4.19. The van der Waals surface area contributed by atoms with Crippen molar-refractivity contribution in [1.29, 1.82) is 0 Å². The number of hydrogen-bond acceptors (Lipinski definition) is 5. The van der Waals surface area contributed by atoms with Crippen molar-refractivity contribution >= 4 is 5.88 Å². The molecule has 1 aliphatic heterocycles. The molecule has 2 N–H and O–H groups in total. The van der Waals surface area contributed by atoms with Gasteiger partial charge in [0.1, 0.15) is 13.2 Å². The molecule has 0 radical (unpaired) electrons. The van der Waals surface area contributed by atoms with Crippen LogP contribution in [-0.4, -0.2) is 18.4 Å². The Morgan fingerprint density at radius 2 is 1.95 bits per heavy atom. The van der Waals surface area contributed by atoms with Gasteiger partial charge in [0.15, 0.2) is 11.5 Å². The Morgan fingerprint density at radius 1 is 1.19 bits per heavy atom. The van der Waals surface area contributed by atoms with Gasteiger partial charge in [0.05, 0.1) is 11.3 Å². The average molecular weight is 286 g/mol. The molecule has 5 heteroatoms. The summed E-state index contributed by atoms with van der Waals surface area (Å²) in [4.78, 5) is 0. The topological polar surface area (TPSA) is 70.5 Å². The van der Waals surface area contributed by atoms with E-state index in [1.165, 1.54) is 12.8 Å². The molecule has 1 aliphatic carbocycles. The molecule has 1 saturated carbocycles. The molecule has 1 aromatic heterocycles. The van der Waals surface area contributed by atoms with Crippen LogP contribution in [0.5, 0.6) is 11.5 Å². The van der Waals surface area contributed by atoms with Crippen LogP contribution in [0, 0.1) is 5.92 Å². The lowest BCUT2D eigenvalue weighted by molar-refractivity contribution is 0.171. The first kappa shape index (κ1) is 12.6. The van der Waals surface area contributed by atoms with Gasteiger partial charge in [-0.3, -0.25) is 0 Å². The SMILES string of the molecule is CC(c1noc(N)c1-c1ccc2c(c1)OCCO2)C1CC1. The number of aromatic nitrogens is 1. The van der Waals surface area contributed by atoms with E-state index in [1.807, 2.05) is 18.2 Å². The fourth-order valence-corrected chi connectivity index (χ4v) is 2.94. The molecule has 0 spiro atoms. The van der Waals surface area contributed by atoms with E-state index in [0.29, 0.717) is 30.9 Å². The highest BCUT2D eigenvalue weighted by molar-refractivity contribution is 5.77. The molecular weight excluding hydrogens is 268 g/mol. The first-order chi connectivity index (χ1) is 10.2. The minimum atomic E-state index is 0.370. The highest BCUT2D eigenvalue weighted by Crippen LogP contribution is 2.46. The van der Waals surface area contributed by atoms with E-state index in [1.54, 1.807) is 0 Å². The molecule has 2 heterocycles. The zero-order chi connectivity index (χ0) is 14.4. The summed E-state index contributed by atoms with van der Waals surface area (Å²) in [6.45, 7) is 3.35. The maximum absolute atomic E-state index is 6.01. The van der Waals surface area contributed by atoms with Crippen LogP contribution >= 0.6 is 0 Å². The lowest BCUT2D eigenvalue weighted by Crippen LogP contribution is -2.15. The van der Waals surface area contributed by atoms with Gasteiger partial charge in [0, 0.05) is 5.92 Å². The predicted octanol–water partition coefficient (Wildman–Crippen LogP) is 3.21. The van der Waals surface area contributed by atoms with Gasteiger partial charge in [-0.1, -0.05) is 18.1 Å². The number of anilines is 1. The summed E-state index contributed by atoms with van der Waals surface area (Å²) in [5.41, 5.74) is 8.82. The van der Waals surface area contributed by atoms with Crippen molar-refractivity contribution in [2.75, 3.05) is 18.9 Å². The second-order valence-corrected chi connectivity index (χ2v) is 5.79. The summed E-state index contributed by atoms with van der Waals surface area (Å²) in [6.07, 6.45) is 2.52. The first-order valence-electron chi connectivity index (χ1n) is 7.39. The number of fused-ring (bicyclic) bond motifs is 1. The molecule has 4 rings (SSSR count). The Morgan fingerprint density at radius 3 is 2.71 bits per heavy atom. The minimum absolute atomic E-state index is 0.370. The standard InChI is InChI=1S/C16H18N2O3/c1-9(10-2-3-10)15-14(16(17)21-18-15)11-4-5-12-13(8-11)20-7-6-19-12/h4-5,8-10H,2-3,6-7,17H2,1H3. The molecule has 5 nitrogen and oxygen atoms in total. The maximum atomic E-state index is 6.01. The van der Waals surface area contributed by atoms with Crippen molar-refractivity contribution in [2.24, 2.45) is 5.92 Å². The number of ether oxygens (including phenoxy) is 2. The third-order valence-corrected chi connectivity index (χ3v) is 4.34. The highest BCUT2D eigenvalue weighted by atomic mass is 16.6. The van der Waals surface area contributed by atoms with Crippen molar-refractivity contribution in [3.63, 3.8) is 0 Å². The van der Waals surface area contributed by atoms with Gasteiger partial charge in [-0.05, 0) is 36.5 Å². The number of rotatable bonds is 3. The summed E-state index contributed by atoms with van der Waals surface area (Å²) in [7, 11) is 0. The van der Waals surface area contributed by atoms with E-state index in [-0.39, 0.29) is 0 Å². The molecule has 0 amide bonds. The molecule has 2 aromatic rings. The van der Waals surface area contributed by atoms with Crippen molar-refractivity contribution in [3.8, 4) is 22.6 Å². The molecule has 110 valence electrons. The molecule has 1 aromatic carbocycles. The van der Waals surface area contributed by atoms with E-state index in [9.17, 15) is 0 Å². The molecule has 0 bridgehead atoms. The lowest BCUT2D eigenvalue weighted by Gasteiger charge is -2.19. The number of benzene rings is 1. The second-order valence-electron chi connectivity index (χ2n) is 5.79. The van der Waals surface area contributed by atoms with Gasteiger partial charge < -0.3 is 19.7 Å². The van der Waals surface area contributed by atoms with Gasteiger partial charge in [0.25, 0.3) is 0 Å². The van der Waals surface area contributed by atoms with Gasteiger partial charge >= 0.3 is 0 Å². The van der Waals surface area contributed by atoms with Crippen LogP contribution in [0.2, 0.25) is 0 Å². The van der Waals surface area contributed by atoms with E-state index >= 15 is 0 Å². The monoisotopic (exact) mass is 286 g/mol. The van der Waals surface area contributed by atoms with Gasteiger partial charge in [-0.15, -0.1) is 0 Å². The summed E-state index contributed by atoms with van der Waals surface area (Å²) in [5.74, 6) is 2.97. The first-order valence-corrected chi connectivity index (χ1v) is 7.39. The maximum Gasteiger partial charge on any atom is 0.230 e. The number of nitrogens with zero attached hydrogens (tertiary/aromatic N) is 1. The number of nitrogens with two attached hydrogens (primary N) is 1. The van der Waals surface area contributed by atoms with Crippen LogP contribution in [0.3, 0.4) is 0 Å². The normalized spacial score (nSPS) is 18.5. The van der Waals surface area contributed by atoms with Crippen molar-refractivity contribution in [2.45, 2.75) is 25.7 Å². The highest BCUT2D eigenvalue weighted by Gasteiger charge is 2.33. The van der Waals surface area contributed by atoms with E-state index in [2.05, 4.69) is 12.1 Å². The molecule has 1 atom stereocenters. The molecule has 1 unspecified atom stereocenters. The van der Waals surface area contributed by atoms with E-state index in [4.69, 9.17) is 19.7 Å². The van der Waals surface area contributed by atoms with Crippen molar-refractivity contribution in [3.05, 3.63) is 23.9 Å². The molecule has 21 heavy (non-hydrogen) atoms. The van der Waals surface area contributed by atoms with Crippen LogP contribution in [0.4, 0.5) is 5.88 Å². The molecule has 0 saturated heterocycles. The molecular formula is C16H18N2O3. The Bertz CT molecular complexity index is 676. The Kier molecular flexibility index (Phi) is 2.80. The van der Waals surface area contributed by atoms with Gasteiger partial charge in [-0.25, -0.2) is 0 Å². The third-order valence-electron chi connectivity index (χ3n) is 4.34. The van der Waals surface area contributed by atoms with Crippen molar-refractivity contribution < 1.29 is 14.0 Å². The van der Waals surface area contributed by atoms with Gasteiger partial charge in [0.2, 0.25) is 5.88 Å². The fourth-order valence-electron chi connectivity index (χ4n) is 2.94. The Hall–Kier alpha value is -2.17. The number of nitrogen functional groups attached to an aromatic ring is 1.